The highest BCUT2D eigenvalue weighted by Gasteiger charge is 1.89. The molecule has 12 heavy (non-hydrogen) atoms. The summed E-state index contributed by atoms with van der Waals surface area (Å²) < 4.78 is 0. The van der Waals surface area contributed by atoms with Gasteiger partial charge in [0, 0.05) is 13.0 Å². The second kappa shape index (κ2) is 4.27. The Morgan fingerprint density at radius 3 is 2.58 bits per heavy atom. The SMILES string of the molecule is CC(/C=C/c1ccccc1)=[N+]=[N-]. The van der Waals surface area contributed by atoms with Gasteiger partial charge in [0.25, 0.3) is 5.71 Å². The van der Waals surface area contributed by atoms with Crippen molar-refractivity contribution in [3.8, 4) is 0 Å². The molecular formula is C10H10N2. The molecule has 1 aromatic rings. The van der Waals surface area contributed by atoms with Crippen molar-refractivity contribution in [1.29, 1.82) is 0 Å². The van der Waals surface area contributed by atoms with Gasteiger partial charge in [-0.2, -0.15) is 4.79 Å². The van der Waals surface area contributed by atoms with Crippen molar-refractivity contribution in [3.63, 3.8) is 0 Å². The Morgan fingerprint density at radius 1 is 1.33 bits per heavy atom. The maximum Gasteiger partial charge on any atom is 0.289 e. The van der Waals surface area contributed by atoms with Gasteiger partial charge in [-0.3, -0.25) is 0 Å². The summed E-state index contributed by atoms with van der Waals surface area (Å²) in [6, 6.07) is 9.86. The van der Waals surface area contributed by atoms with E-state index >= 15 is 0 Å². The van der Waals surface area contributed by atoms with E-state index in [9.17, 15) is 0 Å². The third-order valence-electron chi connectivity index (χ3n) is 1.47. The fourth-order valence-corrected chi connectivity index (χ4v) is 0.814. The largest absolute Gasteiger partial charge is 0.361 e. The van der Waals surface area contributed by atoms with Crippen molar-refractivity contribution >= 4 is 11.8 Å². The minimum absolute atomic E-state index is 0.596. The Hall–Kier alpha value is -1.66. The number of allylic oxidation sites excluding steroid dienone is 1. The molecular weight excluding hydrogens is 148 g/mol. The first-order valence-electron chi connectivity index (χ1n) is 3.74. The van der Waals surface area contributed by atoms with Crippen LogP contribution in [0.3, 0.4) is 0 Å². The Morgan fingerprint density at radius 2 is 2.00 bits per heavy atom. The fraction of sp³-hybridized carbons (Fsp3) is 0.100. The van der Waals surface area contributed by atoms with E-state index in [1.54, 1.807) is 13.0 Å². The molecule has 1 rings (SSSR count). The monoisotopic (exact) mass is 158 g/mol. The van der Waals surface area contributed by atoms with E-state index in [4.69, 9.17) is 5.53 Å². The fourth-order valence-electron chi connectivity index (χ4n) is 0.814. The van der Waals surface area contributed by atoms with Gasteiger partial charge < -0.3 is 5.53 Å². The zero-order valence-corrected chi connectivity index (χ0v) is 6.94. The summed E-state index contributed by atoms with van der Waals surface area (Å²) in [5.74, 6) is 0. The summed E-state index contributed by atoms with van der Waals surface area (Å²) in [6.45, 7) is 1.74. The summed E-state index contributed by atoms with van der Waals surface area (Å²) >= 11 is 0. The molecule has 0 heterocycles. The van der Waals surface area contributed by atoms with Crippen molar-refractivity contribution < 1.29 is 4.79 Å². The van der Waals surface area contributed by atoms with E-state index < -0.39 is 0 Å². The zero-order chi connectivity index (χ0) is 8.81. The molecule has 0 radical (unpaired) electrons. The highest BCUT2D eigenvalue weighted by molar-refractivity contribution is 5.91. The molecule has 0 aliphatic carbocycles. The van der Waals surface area contributed by atoms with Gasteiger partial charge >= 0.3 is 0 Å². The molecule has 0 amide bonds. The molecule has 2 nitrogen and oxygen atoms in total. The summed E-state index contributed by atoms with van der Waals surface area (Å²) in [5, 5.41) is 0. The molecule has 0 atom stereocenters. The van der Waals surface area contributed by atoms with Crippen LogP contribution < -0.4 is 0 Å². The number of nitrogens with zero attached hydrogens (tertiary/aromatic N) is 2. The minimum Gasteiger partial charge on any atom is -0.361 e. The second-order valence-electron chi connectivity index (χ2n) is 2.49. The predicted molar refractivity (Wildman–Crippen MR) is 49.8 cm³/mol. The molecule has 2 heteroatoms. The lowest BCUT2D eigenvalue weighted by atomic mass is 10.2. The lowest BCUT2D eigenvalue weighted by Gasteiger charge is -1.87. The van der Waals surface area contributed by atoms with Crippen molar-refractivity contribution in [2.45, 2.75) is 6.92 Å². The number of benzene rings is 1. The molecule has 0 aliphatic rings. The van der Waals surface area contributed by atoms with E-state index in [2.05, 4.69) is 4.79 Å². The lowest BCUT2D eigenvalue weighted by Crippen LogP contribution is -1.83. The van der Waals surface area contributed by atoms with Gasteiger partial charge in [-0.1, -0.05) is 30.3 Å². The molecule has 0 saturated heterocycles. The molecule has 0 unspecified atom stereocenters. The molecule has 0 saturated carbocycles. The van der Waals surface area contributed by atoms with Crippen LogP contribution in [0.15, 0.2) is 36.4 Å². The molecule has 0 N–H and O–H groups in total. The number of hydrogen-bond acceptors (Lipinski definition) is 0. The van der Waals surface area contributed by atoms with E-state index in [1.165, 1.54) is 0 Å². The molecule has 0 fully saturated rings. The van der Waals surface area contributed by atoms with Crippen LogP contribution in [0.25, 0.3) is 11.6 Å². The second-order valence-corrected chi connectivity index (χ2v) is 2.49. The van der Waals surface area contributed by atoms with Gasteiger partial charge in [0.2, 0.25) is 0 Å². The maximum absolute atomic E-state index is 8.35. The molecule has 0 aliphatic heterocycles. The Labute approximate surface area is 71.8 Å². The third-order valence-corrected chi connectivity index (χ3v) is 1.47. The smallest absolute Gasteiger partial charge is 0.289 e. The highest BCUT2D eigenvalue weighted by atomic mass is 14.8. The van der Waals surface area contributed by atoms with E-state index in [-0.39, 0.29) is 0 Å². The summed E-state index contributed by atoms with van der Waals surface area (Å²) in [5.41, 5.74) is 10.0. The third kappa shape index (κ3) is 2.52. The Kier molecular flexibility index (Phi) is 3.00. The Balaban J connectivity index is 2.77. The number of rotatable bonds is 2. The van der Waals surface area contributed by atoms with Crippen LogP contribution in [-0.2, 0) is 0 Å². The zero-order valence-electron chi connectivity index (χ0n) is 6.94. The van der Waals surface area contributed by atoms with Crippen molar-refractivity contribution in [2.75, 3.05) is 0 Å². The van der Waals surface area contributed by atoms with Crippen molar-refractivity contribution in [2.24, 2.45) is 0 Å². The van der Waals surface area contributed by atoms with E-state index in [0.29, 0.717) is 5.71 Å². The van der Waals surface area contributed by atoms with Gasteiger partial charge in [-0.15, -0.1) is 0 Å². The van der Waals surface area contributed by atoms with Crippen LogP contribution in [0, 0.1) is 0 Å². The first-order valence-corrected chi connectivity index (χ1v) is 3.74. The van der Waals surface area contributed by atoms with Gasteiger partial charge in [-0.05, 0) is 11.6 Å². The maximum atomic E-state index is 8.35. The topological polar surface area (TPSA) is 36.4 Å². The first-order chi connectivity index (χ1) is 5.83. The van der Waals surface area contributed by atoms with E-state index in [1.807, 2.05) is 36.4 Å². The van der Waals surface area contributed by atoms with Crippen molar-refractivity contribution in [3.05, 3.63) is 47.5 Å². The molecule has 0 aromatic heterocycles. The van der Waals surface area contributed by atoms with Crippen LogP contribution in [-0.4, -0.2) is 10.5 Å². The normalized spacial score (nSPS) is 9.75. The highest BCUT2D eigenvalue weighted by Crippen LogP contribution is 2.00. The van der Waals surface area contributed by atoms with Crippen molar-refractivity contribution in [1.82, 2.24) is 0 Å². The number of hydrogen-bond donors (Lipinski definition) is 0. The summed E-state index contributed by atoms with van der Waals surface area (Å²) in [7, 11) is 0. The van der Waals surface area contributed by atoms with Gasteiger partial charge in [0.15, 0.2) is 0 Å². The van der Waals surface area contributed by atoms with Gasteiger partial charge in [0.05, 0.1) is 0 Å². The van der Waals surface area contributed by atoms with Crippen LogP contribution in [0.2, 0.25) is 0 Å². The Bertz CT molecular complexity index is 319. The van der Waals surface area contributed by atoms with Crippen LogP contribution in [0.4, 0.5) is 0 Å². The molecule has 0 spiro atoms. The van der Waals surface area contributed by atoms with Gasteiger partial charge in [0.1, 0.15) is 0 Å². The lowest BCUT2D eigenvalue weighted by molar-refractivity contribution is -0.00386. The summed E-state index contributed by atoms with van der Waals surface area (Å²) in [6.07, 6.45) is 3.66. The van der Waals surface area contributed by atoms with Crippen LogP contribution in [0.5, 0.6) is 0 Å². The van der Waals surface area contributed by atoms with Crippen LogP contribution >= 0.6 is 0 Å². The minimum atomic E-state index is 0.596. The molecule has 1 aromatic carbocycles. The van der Waals surface area contributed by atoms with Crippen LogP contribution in [0.1, 0.15) is 12.5 Å². The van der Waals surface area contributed by atoms with Gasteiger partial charge in [-0.25, -0.2) is 0 Å². The summed E-state index contributed by atoms with van der Waals surface area (Å²) in [4.78, 5) is 3.03. The molecule has 0 bridgehead atoms. The van der Waals surface area contributed by atoms with E-state index in [0.717, 1.165) is 5.56 Å². The predicted octanol–water partition coefficient (Wildman–Crippen LogP) is 2.39. The quantitative estimate of drug-likeness (QED) is 0.360. The average Bonchev–Trinajstić information content (AvgIpc) is 2.16. The standard InChI is InChI=1S/C10H10N2/c1-9(12-11)7-8-10-5-3-2-4-6-10/h2-8H,1H3/b8-7+. The first kappa shape index (κ1) is 8.44. The average molecular weight is 158 g/mol. The molecule has 60 valence electrons.